The smallest absolute Gasteiger partial charge is 0.323 e. The SMILES string of the molecule is CN(CC(=O)O)C(=O)NC1CCCNC1=O. The number of hydrogen-bond acceptors (Lipinski definition) is 3. The highest BCUT2D eigenvalue weighted by molar-refractivity contribution is 5.88. The van der Waals surface area contributed by atoms with Crippen LogP contribution in [-0.2, 0) is 9.59 Å². The predicted octanol–water partition coefficient (Wildman–Crippen LogP) is -1.01. The molecule has 1 saturated heterocycles. The summed E-state index contributed by atoms with van der Waals surface area (Å²) in [6, 6.07) is -1.11. The summed E-state index contributed by atoms with van der Waals surface area (Å²) in [5.41, 5.74) is 0. The number of urea groups is 1. The van der Waals surface area contributed by atoms with Crippen LogP contribution in [0.2, 0.25) is 0 Å². The van der Waals surface area contributed by atoms with Gasteiger partial charge in [0.15, 0.2) is 0 Å². The van der Waals surface area contributed by atoms with Crippen molar-refractivity contribution in [1.29, 1.82) is 0 Å². The molecule has 3 amide bonds. The van der Waals surface area contributed by atoms with Crippen LogP contribution < -0.4 is 10.6 Å². The van der Waals surface area contributed by atoms with Crippen LogP contribution in [0.25, 0.3) is 0 Å². The maximum Gasteiger partial charge on any atom is 0.323 e. The van der Waals surface area contributed by atoms with E-state index >= 15 is 0 Å². The normalized spacial score (nSPS) is 19.8. The van der Waals surface area contributed by atoms with E-state index < -0.39 is 18.0 Å². The molecule has 0 radical (unpaired) electrons. The zero-order valence-electron chi connectivity index (χ0n) is 9.02. The number of carboxylic acid groups (broad SMARTS) is 1. The van der Waals surface area contributed by atoms with Crippen molar-refractivity contribution in [3.8, 4) is 0 Å². The Morgan fingerprint density at radius 1 is 1.62 bits per heavy atom. The number of likely N-dealkylation sites (N-methyl/N-ethyl adjacent to an activating group) is 1. The summed E-state index contributed by atoms with van der Waals surface area (Å²) in [5.74, 6) is -1.31. The Kier molecular flexibility index (Phi) is 4.10. The lowest BCUT2D eigenvalue weighted by Crippen LogP contribution is -2.53. The standard InChI is InChI=1S/C9H15N3O4/c1-12(5-7(13)14)9(16)11-6-3-2-4-10-8(6)15/h6H,2-5H2,1H3,(H,10,15)(H,11,16)(H,13,14). The largest absolute Gasteiger partial charge is 0.480 e. The van der Waals surface area contributed by atoms with Crippen molar-refractivity contribution >= 4 is 17.9 Å². The molecule has 0 spiro atoms. The number of hydrogen-bond donors (Lipinski definition) is 3. The zero-order chi connectivity index (χ0) is 12.1. The Morgan fingerprint density at radius 2 is 2.31 bits per heavy atom. The van der Waals surface area contributed by atoms with Crippen LogP contribution >= 0.6 is 0 Å². The Balaban J connectivity index is 2.43. The number of rotatable bonds is 3. The van der Waals surface area contributed by atoms with Crippen LogP contribution in [0.1, 0.15) is 12.8 Å². The highest BCUT2D eigenvalue weighted by Gasteiger charge is 2.25. The maximum atomic E-state index is 11.5. The van der Waals surface area contributed by atoms with E-state index in [1.165, 1.54) is 7.05 Å². The van der Waals surface area contributed by atoms with Gasteiger partial charge in [-0.2, -0.15) is 0 Å². The van der Waals surface area contributed by atoms with Gasteiger partial charge >= 0.3 is 12.0 Å². The number of aliphatic carboxylic acids is 1. The monoisotopic (exact) mass is 229 g/mol. The van der Waals surface area contributed by atoms with E-state index in [2.05, 4.69) is 10.6 Å². The minimum Gasteiger partial charge on any atom is -0.480 e. The summed E-state index contributed by atoms with van der Waals surface area (Å²) in [5, 5.41) is 13.6. The predicted molar refractivity (Wildman–Crippen MR) is 54.8 cm³/mol. The highest BCUT2D eigenvalue weighted by atomic mass is 16.4. The Bertz CT molecular complexity index is 305. The number of nitrogens with one attached hydrogen (secondary N) is 2. The lowest BCUT2D eigenvalue weighted by molar-refractivity contribution is -0.137. The van der Waals surface area contributed by atoms with E-state index in [-0.39, 0.29) is 12.5 Å². The summed E-state index contributed by atoms with van der Waals surface area (Å²) in [4.78, 5) is 34.2. The molecule has 1 aliphatic heterocycles. The van der Waals surface area contributed by atoms with Crippen molar-refractivity contribution < 1.29 is 19.5 Å². The van der Waals surface area contributed by atoms with Crippen LogP contribution in [-0.4, -0.2) is 54.1 Å². The fourth-order valence-electron chi connectivity index (χ4n) is 1.44. The summed E-state index contributed by atoms with van der Waals surface area (Å²) in [7, 11) is 1.37. The molecule has 1 heterocycles. The fourth-order valence-corrected chi connectivity index (χ4v) is 1.44. The second-order valence-corrected chi connectivity index (χ2v) is 3.69. The third-order valence-electron chi connectivity index (χ3n) is 2.30. The molecule has 7 heteroatoms. The summed E-state index contributed by atoms with van der Waals surface area (Å²) in [6.45, 7) is 0.232. The van der Waals surface area contributed by atoms with Gasteiger partial charge in [-0.15, -0.1) is 0 Å². The van der Waals surface area contributed by atoms with E-state index in [1.54, 1.807) is 0 Å². The second kappa shape index (κ2) is 5.34. The molecular weight excluding hydrogens is 214 g/mol. The maximum absolute atomic E-state index is 11.5. The molecule has 7 nitrogen and oxygen atoms in total. The number of carbonyl (C=O) groups excluding carboxylic acids is 2. The van der Waals surface area contributed by atoms with Crippen LogP contribution in [0.15, 0.2) is 0 Å². The molecule has 1 unspecified atom stereocenters. The molecule has 3 N–H and O–H groups in total. The molecule has 1 rings (SSSR count). The molecular formula is C9H15N3O4. The van der Waals surface area contributed by atoms with Gasteiger partial charge in [-0.25, -0.2) is 4.79 Å². The molecule has 1 aliphatic rings. The number of carbonyl (C=O) groups is 3. The molecule has 0 aromatic heterocycles. The summed E-state index contributed by atoms with van der Waals surface area (Å²) >= 11 is 0. The first-order chi connectivity index (χ1) is 7.50. The molecule has 0 bridgehead atoms. The van der Waals surface area contributed by atoms with Gasteiger partial charge in [-0.05, 0) is 12.8 Å². The number of piperidine rings is 1. The van der Waals surface area contributed by atoms with Crippen molar-refractivity contribution in [3.05, 3.63) is 0 Å². The van der Waals surface area contributed by atoms with Crippen LogP contribution in [0.5, 0.6) is 0 Å². The highest BCUT2D eigenvalue weighted by Crippen LogP contribution is 2.03. The fraction of sp³-hybridized carbons (Fsp3) is 0.667. The molecule has 90 valence electrons. The molecule has 0 aromatic carbocycles. The van der Waals surface area contributed by atoms with Crippen LogP contribution in [0.3, 0.4) is 0 Å². The molecule has 1 fully saturated rings. The van der Waals surface area contributed by atoms with E-state index in [1.807, 2.05) is 0 Å². The molecule has 16 heavy (non-hydrogen) atoms. The van der Waals surface area contributed by atoms with Crippen LogP contribution in [0, 0.1) is 0 Å². The summed E-state index contributed by atoms with van der Waals surface area (Å²) < 4.78 is 0. The molecule has 0 aliphatic carbocycles. The van der Waals surface area contributed by atoms with Gasteiger partial charge < -0.3 is 20.6 Å². The van der Waals surface area contributed by atoms with E-state index in [4.69, 9.17) is 5.11 Å². The minimum absolute atomic E-state index is 0.219. The van der Waals surface area contributed by atoms with E-state index in [0.29, 0.717) is 13.0 Å². The first-order valence-electron chi connectivity index (χ1n) is 5.02. The third-order valence-corrected chi connectivity index (χ3v) is 2.30. The third kappa shape index (κ3) is 3.41. The van der Waals surface area contributed by atoms with Gasteiger partial charge in [0, 0.05) is 13.6 Å². The number of carboxylic acids is 1. The van der Waals surface area contributed by atoms with Crippen LogP contribution in [0.4, 0.5) is 4.79 Å². The van der Waals surface area contributed by atoms with Crippen molar-refractivity contribution in [2.45, 2.75) is 18.9 Å². The minimum atomic E-state index is -1.09. The average molecular weight is 229 g/mol. The zero-order valence-corrected chi connectivity index (χ0v) is 9.02. The van der Waals surface area contributed by atoms with Gasteiger partial charge in [0.05, 0.1) is 0 Å². The lowest BCUT2D eigenvalue weighted by atomic mass is 10.1. The quantitative estimate of drug-likeness (QED) is 0.577. The van der Waals surface area contributed by atoms with Gasteiger partial charge in [0.1, 0.15) is 12.6 Å². The lowest BCUT2D eigenvalue weighted by Gasteiger charge is -2.25. The first kappa shape index (κ1) is 12.3. The molecule has 1 atom stereocenters. The van der Waals surface area contributed by atoms with Gasteiger partial charge in [-0.3, -0.25) is 9.59 Å². The van der Waals surface area contributed by atoms with Gasteiger partial charge in [0.2, 0.25) is 5.91 Å². The van der Waals surface area contributed by atoms with Crippen molar-refractivity contribution in [2.24, 2.45) is 0 Å². The molecule has 0 aromatic rings. The second-order valence-electron chi connectivity index (χ2n) is 3.69. The average Bonchev–Trinajstić information content (AvgIpc) is 2.20. The molecule has 0 saturated carbocycles. The Morgan fingerprint density at radius 3 is 2.88 bits per heavy atom. The van der Waals surface area contributed by atoms with E-state index in [9.17, 15) is 14.4 Å². The summed E-state index contributed by atoms with van der Waals surface area (Å²) in [6.07, 6.45) is 1.39. The first-order valence-corrected chi connectivity index (χ1v) is 5.02. The number of nitrogens with zero attached hydrogens (tertiary/aromatic N) is 1. The van der Waals surface area contributed by atoms with Crippen molar-refractivity contribution in [3.63, 3.8) is 0 Å². The van der Waals surface area contributed by atoms with Gasteiger partial charge in [0.25, 0.3) is 0 Å². The Hall–Kier alpha value is -1.79. The van der Waals surface area contributed by atoms with Crippen molar-refractivity contribution in [2.75, 3.05) is 20.1 Å². The number of amides is 3. The van der Waals surface area contributed by atoms with E-state index in [0.717, 1.165) is 11.3 Å². The van der Waals surface area contributed by atoms with Gasteiger partial charge in [-0.1, -0.05) is 0 Å². The van der Waals surface area contributed by atoms with Crippen molar-refractivity contribution in [1.82, 2.24) is 15.5 Å². The Labute approximate surface area is 92.8 Å². The topological polar surface area (TPSA) is 98.7 Å².